The minimum atomic E-state index is -0.145. The van der Waals surface area contributed by atoms with Crippen LogP contribution in [0.5, 0.6) is 0 Å². The average Bonchev–Trinajstić information content (AvgIpc) is 3.53. The van der Waals surface area contributed by atoms with Crippen molar-refractivity contribution >= 4 is 23.6 Å². The molecule has 33 heavy (non-hydrogen) atoms. The van der Waals surface area contributed by atoms with Crippen molar-refractivity contribution in [2.24, 2.45) is 17.8 Å². The predicted octanol–water partition coefficient (Wildman–Crippen LogP) is 2.78. The molecule has 0 bridgehead atoms. The van der Waals surface area contributed by atoms with E-state index in [4.69, 9.17) is 0 Å². The zero-order valence-electron chi connectivity index (χ0n) is 19.3. The largest absolute Gasteiger partial charge is 0.375 e. The molecule has 6 rings (SSSR count). The first-order valence-corrected chi connectivity index (χ1v) is 12.6. The van der Waals surface area contributed by atoms with Crippen molar-refractivity contribution in [3.63, 3.8) is 0 Å². The van der Waals surface area contributed by atoms with Crippen LogP contribution in [0.1, 0.15) is 18.3 Å². The second-order valence-corrected chi connectivity index (χ2v) is 11.2. The van der Waals surface area contributed by atoms with Crippen LogP contribution in [0.4, 0.5) is 5.95 Å². The van der Waals surface area contributed by atoms with Crippen molar-refractivity contribution in [3.05, 3.63) is 64.8 Å². The fraction of sp³-hybridized carbons (Fsp3) is 0.480. The lowest BCUT2D eigenvalue weighted by molar-refractivity contribution is -0.134. The number of hydrogen-bond acceptors (Lipinski definition) is 7. The molecule has 7 nitrogen and oxygen atoms in total. The highest BCUT2D eigenvalue weighted by atomic mass is 32.2. The van der Waals surface area contributed by atoms with Gasteiger partial charge in [0.25, 0.3) is 0 Å². The van der Waals surface area contributed by atoms with Gasteiger partial charge in [-0.2, -0.15) is 0 Å². The van der Waals surface area contributed by atoms with E-state index in [0.29, 0.717) is 11.8 Å². The summed E-state index contributed by atoms with van der Waals surface area (Å²) in [5, 5.41) is 3.60. The van der Waals surface area contributed by atoms with Gasteiger partial charge < -0.3 is 20.0 Å². The fourth-order valence-corrected chi connectivity index (χ4v) is 6.89. The molecule has 0 radical (unpaired) electrons. The summed E-state index contributed by atoms with van der Waals surface area (Å²) in [5.74, 6) is 1.92. The standard InChI is InChI=1S/C25H30N6OS/c1-15-8-16(2)28-25(27-15)31-12-18-10-30(11-19(18)13-31)24(32)22-20(23-26-9-17(3)33-23)14-29-7-5-4-6-21(22)29/h4-9,14,18-19,21-23,26H,10-13H2,1-3H3/t18-,19+,21?,22?,23?. The molecule has 3 unspecified atom stereocenters. The van der Waals surface area contributed by atoms with Crippen molar-refractivity contribution in [2.75, 3.05) is 31.1 Å². The number of fused-ring (bicyclic) bond motifs is 2. The second-order valence-electron chi connectivity index (χ2n) is 9.81. The molecule has 5 aliphatic heterocycles. The maximum absolute atomic E-state index is 13.9. The Kier molecular flexibility index (Phi) is 5.01. The Morgan fingerprint density at radius 2 is 1.79 bits per heavy atom. The topological polar surface area (TPSA) is 64.6 Å². The first kappa shape index (κ1) is 20.8. The van der Waals surface area contributed by atoms with E-state index in [-0.39, 0.29) is 23.2 Å². The smallest absolute Gasteiger partial charge is 0.232 e. The highest BCUT2D eigenvalue weighted by Gasteiger charge is 2.48. The molecule has 0 spiro atoms. The van der Waals surface area contributed by atoms with E-state index in [9.17, 15) is 4.79 Å². The Morgan fingerprint density at radius 3 is 2.45 bits per heavy atom. The first-order valence-electron chi connectivity index (χ1n) is 11.8. The van der Waals surface area contributed by atoms with Gasteiger partial charge in [-0.1, -0.05) is 23.9 Å². The van der Waals surface area contributed by atoms with Crippen LogP contribution in [0.3, 0.4) is 0 Å². The van der Waals surface area contributed by atoms with Gasteiger partial charge in [0.1, 0.15) is 5.37 Å². The van der Waals surface area contributed by atoms with Crippen LogP contribution >= 0.6 is 11.8 Å². The third-order valence-corrected chi connectivity index (χ3v) is 8.52. The van der Waals surface area contributed by atoms with Crippen molar-refractivity contribution in [3.8, 4) is 0 Å². The van der Waals surface area contributed by atoms with E-state index in [0.717, 1.165) is 43.5 Å². The number of nitrogens with zero attached hydrogens (tertiary/aromatic N) is 5. The molecule has 0 aliphatic carbocycles. The van der Waals surface area contributed by atoms with Gasteiger partial charge in [-0.25, -0.2) is 9.97 Å². The summed E-state index contributed by atoms with van der Waals surface area (Å²) in [4.78, 5) is 31.1. The van der Waals surface area contributed by atoms with E-state index in [1.807, 2.05) is 26.0 Å². The summed E-state index contributed by atoms with van der Waals surface area (Å²) in [6.45, 7) is 9.65. The molecule has 5 atom stereocenters. The van der Waals surface area contributed by atoms with Gasteiger partial charge in [0.15, 0.2) is 0 Å². The third kappa shape index (κ3) is 3.64. The minimum absolute atomic E-state index is 0.0708. The zero-order chi connectivity index (χ0) is 22.7. The summed E-state index contributed by atoms with van der Waals surface area (Å²) in [6.07, 6.45) is 12.6. The van der Waals surface area contributed by atoms with Crippen molar-refractivity contribution in [1.29, 1.82) is 0 Å². The van der Waals surface area contributed by atoms with E-state index in [1.54, 1.807) is 11.8 Å². The second kappa shape index (κ2) is 7.94. The van der Waals surface area contributed by atoms with Crippen molar-refractivity contribution in [1.82, 2.24) is 25.1 Å². The Labute approximate surface area is 199 Å². The molecule has 172 valence electrons. The molecule has 1 amide bonds. The SMILES string of the molecule is CC1=CNC(C2=CN3C=CC=CC3C2C(=O)N2C[C@@H]3CN(c4nc(C)cc(C)n4)C[C@@H]3C2)S1. The summed E-state index contributed by atoms with van der Waals surface area (Å²) < 4.78 is 0. The number of thioether (sulfide) groups is 1. The zero-order valence-corrected chi connectivity index (χ0v) is 20.1. The number of aryl methyl sites for hydroxylation is 2. The lowest BCUT2D eigenvalue weighted by Crippen LogP contribution is -2.44. The number of anilines is 1. The normalized spacial score (nSPS) is 32.1. The van der Waals surface area contributed by atoms with Crippen LogP contribution in [-0.4, -0.2) is 63.3 Å². The van der Waals surface area contributed by atoms with Crippen LogP contribution in [0.25, 0.3) is 0 Å². The lowest BCUT2D eigenvalue weighted by Gasteiger charge is -2.31. The summed E-state index contributed by atoms with van der Waals surface area (Å²) >= 11 is 1.80. The number of carbonyl (C=O) groups excluding carboxylic acids is 1. The van der Waals surface area contributed by atoms with Gasteiger partial charge in [0, 0.05) is 68.0 Å². The highest BCUT2D eigenvalue weighted by Crippen LogP contribution is 2.42. The van der Waals surface area contributed by atoms with E-state index in [1.165, 1.54) is 10.5 Å². The Balaban J connectivity index is 1.18. The van der Waals surface area contributed by atoms with E-state index >= 15 is 0 Å². The van der Waals surface area contributed by atoms with Gasteiger partial charge in [0.2, 0.25) is 11.9 Å². The molecule has 8 heteroatoms. The number of amides is 1. The Hall–Kier alpha value is -2.74. The van der Waals surface area contributed by atoms with Crippen LogP contribution < -0.4 is 10.2 Å². The monoisotopic (exact) mass is 462 g/mol. The van der Waals surface area contributed by atoms with Crippen molar-refractivity contribution < 1.29 is 4.79 Å². The Morgan fingerprint density at radius 1 is 1.06 bits per heavy atom. The van der Waals surface area contributed by atoms with Gasteiger partial charge in [-0.3, -0.25) is 4.79 Å². The van der Waals surface area contributed by atoms with E-state index in [2.05, 4.69) is 67.7 Å². The number of carbonyl (C=O) groups is 1. The molecule has 0 saturated carbocycles. The number of aromatic nitrogens is 2. The van der Waals surface area contributed by atoms with E-state index < -0.39 is 0 Å². The molecular formula is C25H30N6OS. The maximum atomic E-state index is 13.9. The number of likely N-dealkylation sites (tertiary alicyclic amines) is 1. The van der Waals surface area contributed by atoms with Crippen LogP contribution in [0.2, 0.25) is 0 Å². The van der Waals surface area contributed by atoms with Gasteiger partial charge in [-0.05, 0) is 43.4 Å². The Bertz CT molecular complexity index is 1080. The summed E-state index contributed by atoms with van der Waals surface area (Å²) in [7, 11) is 0. The lowest BCUT2D eigenvalue weighted by atomic mass is 9.91. The molecular weight excluding hydrogens is 432 g/mol. The molecule has 1 N–H and O–H groups in total. The molecule has 6 heterocycles. The number of hydrogen-bond donors (Lipinski definition) is 1. The molecule has 1 aromatic heterocycles. The summed E-state index contributed by atoms with van der Waals surface area (Å²) in [6, 6.07) is 2.08. The summed E-state index contributed by atoms with van der Waals surface area (Å²) in [5.41, 5.74) is 3.20. The maximum Gasteiger partial charge on any atom is 0.232 e. The van der Waals surface area contributed by atoms with Gasteiger partial charge >= 0.3 is 0 Å². The molecule has 2 fully saturated rings. The minimum Gasteiger partial charge on any atom is -0.375 e. The fourth-order valence-electron chi connectivity index (χ4n) is 5.90. The average molecular weight is 463 g/mol. The van der Waals surface area contributed by atoms with Gasteiger partial charge in [-0.15, -0.1) is 0 Å². The van der Waals surface area contributed by atoms with Crippen LogP contribution in [0.15, 0.2) is 53.4 Å². The molecule has 2 saturated heterocycles. The predicted molar refractivity (Wildman–Crippen MR) is 131 cm³/mol. The molecule has 1 aromatic rings. The van der Waals surface area contributed by atoms with Crippen LogP contribution in [0, 0.1) is 31.6 Å². The number of nitrogens with one attached hydrogen (secondary N) is 1. The van der Waals surface area contributed by atoms with Crippen LogP contribution in [-0.2, 0) is 4.79 Å². The first-order chi connectivity index (χ1) is 16.0. The van der Waals surface area contributed by atoms with Gasteiger partial charge in [0.05, 0.1) is 12.0 Å². The third-order valence-electron chi connectivity index (χ3n) is 7.38. The van der Waals surface area contributed by atoms with Crippen molar-refractivity contribution in [2.45, 2.75) is 32.2 Å². The number of allylic oxidation sites excluding steroid dienone is 3. The molecule has 0 aromatic carbocycles. The molecule has 5 aliphatic rings. The quantitative estimate of drug-likeness (QED) is 0.741. The number of rotatable bonds is 3. The highest BCUT2D eigenvalue weighted by molar-refractivity contribution is 8.04.